The highest BCUT2D eigenvalue weighted by Crippen LogP contribution is 2.16. The van der Waals surface area contributed by atoms with Crippen LogP contribution < -0.4 is 10.6 Å². The zero-order chi connectivity index (χ0) is 12.7. The molecule has 0 bridgehead atoms. The Hall–Kier alpha value is -1.86. The number of amides is 1. The lowest BCUT2D eigenvalue weighted by molar-refractivity contribution is -0.116. The fourth-order valence-corrected chi connectivity index (χ4v) is 1.42. The molecule has 0 unspecified atom stereocenters. The van der Waals surface area contributed by atoms with E-state index in [0.717, 1.165) is 12.1 Å². The molecule has 1 aromatic rings. The van der Waals surface area contributed by atoms with Crippen LogP contribution in [0.1, 0.15) is 24.5 Å². The predicted octanol–water partition coefficient (Wildman–Crippen LogP) is 1.80. The van der Waals surface area contributed by atoms with E-state index in [0.29, 0.717) is 24.2 Å². The fraction of sp³-hybridized carbons (Fsp3) is 0.385. The summed E-state index contributed by atoms with van der Waals surface area (Å²) in [6.45, 7) is 5.43. The minimum absolute atomic E-state index is 0.0378. The van der Waals surface area contributed by atoms with Crippen molar-refractivity contribution in [1.82, 2.24) is 5.32 Å². The van der Waals surface area contributed by atoms with Crippen LogP contribution in [0.5, 0.6) is 0 Å². The van der Waals surface area contributed by atoms with Crippen molar-refractivity contribution in [2.75, 3.05) is 18.4 Å². The van der Waals surface area contributed by atoms with E-state index in [2.05, 4.69) is 16.7 Å². The summed E-state index contributed by atoms with van der Waals surface area (Å²) in [5.41, 5.74) is 2.23. The number of anilines is 1. The van der Waals surface area contributed by atoms with E-state index in [9.17, 15) is 4.79 Å². The van der Waals surface area contributed by atoms with Crippen LogP contribution in [0.2, 0.25) is 0 Å². The van der Waals surface area contributed by atoms with Gasteiger partial charge in [0.15, 0.2) is 0 Å². The molecular formula is C13H17N3O. The van der Waals surface area contributed by atoms with Gasteiger partial charge in [-0.05, 0) is 31.2 Å². The Morgan fingerprint density at radius 2 is 2.24 bits per heavy atom. The van der Waals surface area contributed by atoms with E-state index in [1.807, 2.05) is 19.9 Å². The second-order valence-corrected chi connectivity index (χ2v) is 3.79. The molecule has 0 aliphatic heterocycles. The smallest absolute Gasteiger partial charge is 0.225 e. The summed E-state index contributed by atoms with van der Waals surface area (Å²) < 4.78 is 0. The molecule has 4 heteroatoms. The highest BCUT2D eigenvalue weighted by atomic mass is 16.1. The third-order valence-electron chi connectivity index (χ3n) is 2.42. The minimum Gasteiger partial charge on any atom is -0.326 e. The average molecular weight is 231 g/mol. The first kappa shape index (κ1) is 13.2. The molecule has 17 heavy (non-hydrogen) atoms. The van der Waals surface area contributed by atoms with Crippen LogP contribution in [-0.4, -0.2) is 19.0 Å². The van der Waals surface area contributed by atoms with E-state index in [-0.39, 0.29) is 5.91 Å². The maximum atomic E-state index is 11.6. The highest BCUT2D eigenvalue weighted by molar-refractivity contribution is 5.91. The van der Waals surface area contributed by atoms with Crippen molar-refractivity contribution in [1.29, 1.82) is 5.26 Å². The Kier molecular flexibility index (Phi) is 5.18. The molecule has 1 amide bonds. The molecule has 0 fully saturated rings. The summed E-state index contributed by atoms with van der Waals surface area (Å²) in [6, 6.07) is 7.32. The molecule has 0 atom stereocenters. The number of nitriles is 1. The van der Waals surface area contributed by atoms with E-state index >= 15 is 0 Å². The highest BCUT2D eigenvalue weighted by Gasteiger charge is 2.05. The van der Waals surface area contributed by atoms with Gasteiger partial charge in [0, 0.05) is 18.7 Å². The maximum absolute atomic E-state index is 11.6. The van der Waals surface area contributed by atoms with Gasteiger partial charge in [-0.1, -0.05) is 13.0 Å². The summed E-state index contributed by atoms with van der Waals surface area (Å²) in [6.07, 6.45) is 0.435. The molecule has 0 aromatic heterocycles. The zero-order valence-corrected chi connectivity index (χ0v) is 10.2. The molecule has 90 valence electrons. The number of aryl methyl sites for hydroxylation is 1. The van der Waals surface area contributed by atoms with Crippen molar-refractivity contribution >= 4 is 11.6 Å². The van der Waals surface area contributed by atoms with Gasteiger partial charge < -0.3 is 10.6 Å². The van der Waals surface area contributed by atoms with Gasteiger partial charge in [-0.25, -0.2) is 0 Å². The quantitative estimate of drug-likeness (QED) is 0.759. The summed E-state index contributed by atoms with van der Waals surface area (Å²) in [5, 5.41) is 14.7. The number of benzene rings is 1. The first-order valence-corrected chi connectivity index (χ1v) is 5.68. The Balaban J connectivity index is 2.61. The van der Waals surface area contributed by atoms with Gasteiger partial charge in [0.1, 0.15) is 0 Å². The lowest BCUT2D eigenvalue weighted by atomic mass is 10.1. The van der Waals surface area contributed by atoms with Gasteiger partial charge in [0.05, 0.1) is 11.6 Å². The molecule has 1 aromatic carbocycles. The van der Waals surface area contributed by atoms with Crippen LogP contribution in [0, 0.1) is 18.3 Å². The van der Waals surface area contributed by atoms with Gasteiger partial charge in [-0.3, -0.25) is 4.79 Å². The monoisotopic (exact) mass is 231 g/mol. The van der Waals surface area contributed by atoms with Gasteiger partial charge in [-0.15, -0.1) is 0 Å². The second-order valence-electron chi connectivity index (χ2n) is 3.79. The number of carbonyl (C=O) groups is 1. The maximum Gasteiger partial charge on any atom is 0.225 e. The summed E-state index contributed by atoms with van der Waals surface area (Å²) >= 11 is 0. The molecule has 2 N–H and O–H groups in total. The van der Waals surface area contributed by atoms with Gasteiger partial charge >= 0.3 is 0 Å². The standard InChI is InChI=1S/C13H17N3O/c1-3-15-7-6-13(17)16-12-8-11(9-14)5-4-10(12)2/h4-5,8,15H,3,6-7H2,1-2H3,(H,16,17). The van der Waals surface area contributed by atoms with E-state index in [1.165, 1.54) is 0 Å². The molecule has 0 saturated carbocycles. The van der Waals surface area contributed by atoms with Gasteiger partial charge in [0.2, 0.25) is 5.91 Å². The fourth-order valence-electron chi connectivity index (χ4n) is 1.42. The summed E-state index contributed by atoms with van der Waals surface area (Å²) in [4.78, 5) is 11.6. The number of hydrogen-bond acceptors (Lipinski definition) is 3. The molecule has 0 heterocycles. The van der Waals surface area contributed by atoms with Crippen molar-refractivity contribution < 1.29 is 4.79 Å². The lowest BCUT2D eigenvalue weighted by Crippen LogP contribution is -2.21. The molecule has 4 nitrogen and oxygen atoms in total. The SMILES string of the molecule is CCNCCC(=O)Nc1cc(C#N)ccc1C. The van der Waals surface area contributed by atoms with Crippen LogP contribution in [0.3, 0.4) is 0 Å². The molecular weight excluding hydrogens is 214 g/mol. The normalized spacial score (nSPS) is 9.71. The molecule has 0 spiro atoms. The Bertz CT molecular complexity index is 435. The molecule has 0 radical (unpaired) electrons. The van der Waals surface area contributed by atoms with E-state index in [4.69, 9.17) is 5.26 Å². The Morgan fingerprint density at radius 3 is 2.88 bits per heavy atom. The van der Waals surface area contributed by atoms with Gasteiger partial charge in [-0.2, -0.15) is 5.26 Å². The summed E-state index contributed by atoms with van der Waals surface area (Å²) in [5.74, 6) is -0.0378. The van der Waals surface area contributed by atoms with Crippen molar-refractivity contribution in [3.05, 3.63) is 29.3 Å². The number of hydrogen-bond donors (Lipinski definition) is 2. The lowest BCUT2D eigenvalue weighted by Gasteiger charge is -2.08. The molecule has 0 aliphatic rings. The minimum atomic E-state index is -0.0378. The number of nitrogens with zero attached hydrogens (tertiary/aromatic N) is 1. The van der Waals surface area contributed by atoms with E-state index in [1.54, 1.807) is 12.1 Å². The van der Waals surface area contributed by atoms with Crippen molar-refractivity contribution in [2.45, 2.75) is 20.3 Å². The second kappa shape index (κ2) is 6.66. The van der Waals surface area contributed by atoms with Crippen LogP contribution in [0.25, 0.3) is 0 Å². The van der Waals surface area contributed by atoms with Crippen LogP contribution >= 0.6 is 0 Å². The van der Waals surface area contributed by atoms with Crippen molar-refractivity contribution in [3.63, 3.8) is 0 Å². The van der Waals surface area contributed by atoms with Crippen LogP contribution in [0.15, 0.2) is 18.2 Å². The first-order valence-electron chi connectivity index (χ1n) is 5.68. The van der Waals surface area contributed by atoms with Crippen LogP contribution in [-0.2, 0) is 4.79 Å². The molecule has 1 rings (SSSR count). The average Bonchev–Trinajstić information content (AvgIpc) is 2.32. The third-order valence-corrected chi connectivity index (χ3v) is 2.42. The Labute approximate surface area is 102 Å². The van der Waals surface area contributed by atoms with Crippen molar-refractivity contribution in [2.24, 2.45) is 0 Å². The molecule has 0 saturated heterocycles. The number of nitrogens with one attached hydrogen (secondary N) is 2. The molecule has 0 aliphatic carbocycles. The topological polar surface area (TPSA) is 64.9 Å². The Morgan fingerprint density at radius 1 is 1.47 bits per heavy atom. The first-order chi connectivity index (χ1) is 8.17. The summed E-state index contributed by atoms with van der Waals surface area (Å²) in [7, 11) is 0. The third kappa shape index (κ3) is 4.25. The predicted molar refractivity (Wildman–Crippen MR) is 67.7 cm³/mol. The van der Waals surface area contributed by atoms with Crippen molar-refractivity contribution in [3.8, 4) is 6.07 Å². The zero-order valence-electron chi connectivity index (χ0n) is 10.2. The van der Waals surface area contributed by atoms with Gasteiger partial charge in [0.25, 0.3) is 0 Å². The van der Waals surface area contributed by atoms with Crippen LogP contribution in [0.4, 0.5) is 5.69 Å². The largest absolute Gasteiger partial charge is 0.326 e. The number of rotatable bonds is 5. The number of carbonyl (C=O) groups excluding carboxylic acids is 1. The van der Waals surface area contributed by atoms with E-state index < -0.39 is 0 Å².